The zero-order valence-corrected chi connectivity index (χ0v) is 12.5. The number of benzene rings is 2. The van der Waals surface area contributed by atoms with E-state index >= 15 is 0 Å². The monoisotopic (exact) mass is 285 g/mol. The highest BCUT2D eigenvalue weighted by Crippen LogP contribution is 2.28. The van der Waals surface area contributed by atoms with E-state index in [9.17, 15) is 0 Å². The predicted octanol–water partition coefficient (Wildman–Crippen LogP) is 4.71. The second-order valence-corrected chi connectivity index (χ2v) is 5.19. The summed E-state index contributed by atoms with van der Waals surface area (Å²) < 4.78 is 1.79. The lowest BCUT2D eigenvalue weighted by atomic mass is 10.1. The van der Waals surface area contributed by atoms with Gasteiger partial charge in [0.1, 0.15) is 13.8 Å². The molecule has 0 saturated carbocycles. The Hall–Kier alpha value is -2.06. The molecule has 0 bridgehead atoms. The minimum Gasteiger partial charge on any atom is -0.355 e. The van der Waals surface area contributed by atoms with Gasteiger partial charge < -0.3 is 5.32 Å². The Balaban J connectivity index is 2.32. The number of hydrogen-bond acceptors (Lipinski definition) is 1. The summed E-state index contributed by atoms with van der Waals surface area (Å²) in [6, 6.07) is 13.8. The number of aryl methyl sites for hydroxylation is 1. The molecule has 2 aromatic carbocycles. The van der Waals surface area contributed by atoms with Gasteiger partial charge in [-0.15, -0.1) is 0 Å². The smallest absolute Gasteiger partial charge is 0.205 e. The summed E-state index contributed by atoms with van der Waals surface area (Å²) >= 11 is 6.26. The standard InChI is InChI=1S/C17H18ClN2/c1-12-7-5-6-8-17(12)19-13(2)15-11-14(20(3)4)9-10-16(15)18/h5-11,19H,2-3H2,1,4H3/q+1. The minimum absolute atomic E-state index is 0.668. The van der Waals surface area contributed by atoms with Crippen LogP contribution in [0.1, 0.15) is 11.1 Å². The molecule has 2 nitrogen and oxygen atoms in total. The molecule has 0 atom stereocenters. The largest absolute Gasteiger partial charge is 0.355 e. The molecule has 1 N–H and O–H groups in total. The Morgan fingerprint density at radius 1 is 1.20 bits per heavy atom. The highest BCUT2D eigenvalue weighted by atomic mass is 35.5. The van der Waals surface area contributed by atoms with E-state index < -0.39 is 0 Å². The maximum Gasteiger partial charge on any atom is 0.205 e. The van der Waals surface area contributed by atoms with Gasteiger partial charge in [-0.2, -0.15) is 0 Å². The first-order valence-corrected chi connectivity index (χ1v) is 6.72. The van der Waals surface area contributed by atoms with E-state index in [1.807, 2.05) is 43.4 Å². The second kappa shape index (κ2) is 5.93. The van der Waals surface area contributed by atoms with Crippen molar-refractivity contribution in [1.29, 1.82) is 0 Å². The molecule has 0 unspecified atom stereocenters. The van der Waals surface area contributed by atoms with Crippen molar-refractivity contribution < 1.29 is 4.58 Å². The van der Waals surface area contributed by atoms with Crippen LogP contribution in [0.3, 0.4) is 0 Å². The maximum atomic E-state index is 6.26. The summed E-state index contributed by atoms with van der Waals surface area (Å²) in [6.07, 6.45) is 0. The summed E-state index contributed by atoms with van der Waals surface area (Å²) in [5, 5.41) is 3.98. The molecule has 0 aliphatic heterocycles. The summed E-state index contributed by atoms with van der Waals surface area (Å²) in [5.41, 5.74) is 4.82. The SMILES string of the molecule is C=C(Nc1ccccc1C)c1cc([N+](=C)C)ccc1Cl. The Labute approximate surface area is 125 Å². The van der Waals surface area contributed by atoms with Gasteiger partial charge in [0.2, 0.25) is 5.69 Å². The molecule has 0 aromatic heterocycles. The van der Waals surface area contributed by atoms with Crippen LogP contribution in [-0.2, 0) is 0 Å². The van der Waals surface area contributed by atoms with E-state index in [0.29, 0.717) is 5.02 Å². The molecule has 0 aliphatic carbocycles. The lowest BCUT2D eigenvalue weighted by Gasteiger charge is -2.13. The lowest BCUT2D eigenvalue weighted by molar-refractivity contribution is -0.394. The second-order valence-electron chi connectivity index (χ2n) is 4.78. The zero-order valence-electron chi connectivity index (χ0n) is 11.8. The summed E-state index contributed by atoms with van der Waals surface area (Å²) in [4.78, 5) is 0. The fourth-order valence-corrected chi connectivity index (χ4v) is 2.16. The van der Waals surface area contributed by atoms with Crippen LogP contribution >= 0.6 is 11.6 Å². The number of rotatable bonds is 4. The molecule has 102 valence electrons. The molecule has 0 amide bonds. The topological polar surface area (TPSA) is 15.0 Å². The molecular weight excluding hydrogens is 268 g/mol. The highest BCUT2D eigenvalue weighted by molar-refractivity contribution is 6.32. The average molecular weight is 286 g/mol. The van der Waals surface area contributed by atoms with Crippen molar-refractivity contribution in [3.63, 3.8) is 0 Å². The average Bonchev–Trinajstić information content (AvgIpc) is 2.41. The van der Waals surface area contributed by atoms with Crippen molar-refractivity contribution in [3.05, 3.63) is 65.2 Å². The maximum absolute atomic E-state index is 6.26. The van der Waals surface area contributed by atoms with E-state index in [4.69, 9.17) is 11.6 Å². The van der Waals surface area contributed by atoms with Crippen molar-refractivity contribution in [2.24, 2.45) is 0 Å². The lowest BCUT2D eigenvalue weighted by Crippen LogP contribution is -2.01. The van der Waals surface area contributed by atoms with Crippen LogP contribution in [0, 0.1) is 6.92 Å². The first-order chi connectivity index (χ1) is 9.49. The highest BCUT2D eigenvalue weighted by Gasteiger charge is 2.10. The van der Waals surface area contributed by atoms with Gasteiger partial charge in [0, 0.05) is 29.1 Å². The molecule has 0 fully saturated rings. The van der Waals surface area contributed by atoms with Gasteiger partial charge in [0.25, 0.3) is 0 Å². The normalized spacial score (nSPS) is 10.2. The van der Waals surface area contributed by atoms with Crippen molar-refractivity contribution in [2.45, 2.75) is 6.92 Å². The third-order valence-electron chi connectivity index (χ3n) is 3.15. The summed E-state index contributed by atoms with van der Waals surface area (Å²) in [6.45, 7) is 10.0. The Bertz CT molecular complexity index is 674. The van der Waals surface area contributed by atoms with Crippen LogP contribution in [0.25, 0.3) is 5.70 Å². The van der Waals surface area contributed by atoms with Gasteiger partial charge in [-0.1, -0.05) is 36.4 Å². The third kappa shape index (κ3) is 3.09. The minimum atomic E-state index is 0.668. The van der Waals surface area contributed by atoms with E-state index in [1.165, 1.54) is 0 Å². The van der Waals surface area contributed by atoms with Gasteiger partial charge in [0.05, 0.1) is 5.02 Å². The van der Waals surface area contributed by atoms with Gasteiger partial charge in [-0.3, -0.25) is 0 Å². The third-order valence-corrected chi connectivity index (χ3v) is 3.48. The molecule has 3 heteroatoms. The van der Waals surface area contributed by atoms with Crippen LogP contribution in [-0.4, -0.2) is 18.3 Å². The molecule has 0 saturated heterocycles. The molecule has 20 heavy (non-hydrogen) atoms. The summed E-state index contributed by atoms with van der Waals surface area (Å²) in [5.74, 6) is 0. The number of halogens is 1. The van der Waals surface area contributed by atoms with Crippen LogP contribution in [0.15, 0.2) is 49.0 Å². The zero-order chi connectivity index (χ0) is 14.7. The molecular formula is C17H18ClN2+. The Kier molecular flexibility index (Phi) is 4.26. The molecule has 0 heterocycles. The van der Waals surface area contributed by atoms with Gasteiger partial charge in [-0.25, -0.2) is 4.58 Å². The van der Waals surface area contributed by atoms with Crippen LogP contribution in [0.4, 0.5) is 11.4 Å². The van der Waals surface area contributed by atoms with Crippen molar-refractivity contribution in [2.75, 3.05) is 12.4 Å². The molecule has 0 radical (unpaired) electrons. The van der Waals surface area contributed by atoms with Gasteiger partial charge in [0.15, 0.2) is 0 Å². The van der Waals surface area contributed by atoms with Crippen molar-refractivity contribution in [1.82, 2.24) is 0 Å². The predicted molar refractivity (Wildman–Crippen MR) is 88.3 cm³/mol. The Morgan fingerprint density at radius 3 is 2.55 bits per heavy atom. The van der Waals surface area contributed by atoms with Crippen molar-refractivity contribution >= 4 is 35.4 Å². The van der Waals surface area contributed by atoms with E-state index in [1.54, 1.807) is 4.58 Å². The molecule has 0 spiro atoms. The van der Waals surface area contributed by atoms with E-state index in [2.05, 4.69) is 31.6 Å². The van der Waals surface area contributed by atoms with E-state index in [-0.39, 0.29) is 0 Å². The quantitative estimate of drug-likeness (QED) is 0.635. The van der Waals surface area contributed by atoms with Crippen LogP contribution in [0.5, 0.6) is 0 Å². The molecule has 2 rings (SSSR count). The van der Waals surface area contributed by atoms with E-state index in [0.717, 1.165) is 28.2 Å². The summed E-state index contributed by atoms with van der Waals surface area (Å²) in [7, 11) is 1.89. The first kappa shape index (κ1) is 14.4. The van der Waals surface area contributed by atoms with Gasteiger partial charge in [-0.05, 0) is 24.6 Å². The number of hydrogen-bond donors (Lipinski definition) is 1. The molecule has 0 aliphatic rings. The molecule has 2 aromatic rings. The van der Waals surface area contributed by atoms with Crippen LogP contribution in [0.2, 0.25) is 5.02 Å². The number of nitrogens with one attached hydrogen (secondary N) is 1. The fourth-order valence-electron chi connectivity index (χ4n) is 1.93. The number of nitrogens with zero attached hydrogens (tertiary/aromatic N) is 1. The first-order valence-electron chi connectivity index (χ1n) is 6.34. The van der Waals surface area contributed by atoms with Crippen molar-refractivity contribution in [3.8, 4) is 0 Å². The fraction of sp³-hybridized carbons (Fsp3) is 0.118. The number of para-hydroxylation sites is 1. The number of anilines is 1. The van der Waals surface area contributed by atoms with Crippen LogP contribution < -0.4 is 5.32 Å². The Morgan fingerprint density at radius 2 is 1.90 bits per heavy atom. The van der Waals surface area contributed by atoms with Gasteiger partial charge >= 0.3 is 0 Å².